The highest BCUT2D eigenvalue weighted by atomic mass is 32.2. The summed E-state index contributed by atoms with van der Waals surface area (Å²) in [6.07, 6.45) is 0.994. The smallest absolute Gasteiger partial charge is 0.322 e. The lowest BCUT2D eigenvalue weighted by Gasteiger charge is -2.34. The minimum Gasteiger partial charge on any atom is -0.403 e. The van der Waals surface area contributed by atoms with E-state index in [1.54, 1.807) is 26.0 Å². The molecule has 1 N–H and O–H groups in total. The number of carbonyl (C=O) groups is 1. The predicted octanol–water partition coefficient (Wildman–Crippen LogP) is 3.84. The molecule has 2 aromatic carbocycles. The maximum absolute atomic E-state index is 13.1. The van der Waals surface area contributed by atoms with E-state index in [1.807, 2.05) is 13.8 Å². The van der Waals surface area contributed by atoms with Crippen molar-refractivity contribution in [2.45, 2.75) is 49.2 Å². The molecule has 1 saturated heterocycles. The van der Waals surface area contributed by atoms with E-state index in [2.05, 4.69) is 15.5 Å². The van der Waals surface area contributed by atoms with Crippen LogP contribution >= 0.6 is 0 Å². The van der Waals surface area contributed by atoms with Gasteiger partial charge >= 0.3 is 6.01 Å². The van der Waals surface area contributed by atoms with Gasteiger partial charge in [-0.3, -0.25) is 10.1 Å². The van der Waals surface area contributed by atoms with Crippen LogP contribution in [-0.4, -0.2) is 55.6 Å². The molecule has 4 rings (SSSR count). The molecule has 0 saturated carbocycles. The van der Waals surface area contributed by atoms with E-state index in [4.69, 9.17) is 4.42 Å². The summed E-state index contributed by atoms with van der Waals surface area (Å²) < 4.78 is 57.7. The number of hydrogen-bond donors (Lipinski definition) is 1. The fourth-order valence-corrected chi connectivity index (χ4v) is 7.09. The van der Waals surface area contributed by atoms with Gasteiger partial charge in [-0.15, -0.1) is 5.10 Å². The molecule has 0 spiro atoms. The Hall–Kier alpha value is -3.09. The van der Waals surface area contributed by atoms with Crippen LogP contribution in [0.4, 0.5) is 6.01 Å². The number of sulfone groups is 1. The zero-order chi connectivity index (χ0) is 27.0. The molecule has 1 aliphatic rings. The lowest BCUT2D eigenvalue weighted by Crippen LogP contribution is -2.42. The Labute approximate surface area is 217 Å². The van der Waals surface area contributed by atoms with Crippen LogP contribution in [0.15, 0.2) is 62.7 Å². The molecule has 1 amide bonds. The summed E-state index contributed by atoms with van der Waals surface area (Å²) in [7, 11) is -7.06. The van der Waals surface area contributed by atoms with Gasteiger partial charge in [0, 0.05) is 24.2 Å². The van der Waals surface area contributed by atoms with Crippen molar-refractivity contribution in [1.29, 1.82) is 0 Å². The third-order valence-corrected chi connectivity index (χ3v) is 10.3. The molecule has 37 heavy (non-hydrogen) atoms. The lowest BCUT2D eigenvalue weighted by molar-refractivity contribution is 0.102. The molecule has 2 atom stereocenters. The fraction of sp³-hybridized carbons (Fsp3) is 0.400. The zero-order valence-electron chi connectivity index (χ0n) is 21.1. The van der Waals surface area contributed by atoms with Crippen LogP contribution in [-0.2, 0) is 19.9 Å². The molecule has 12 heteroatoms. The molecule has 2 heterocycles. The number of nitrogens with one attached hydrogen (secondary N) is 1. The second kappa shape index (κ2) is 10.3. The molecule has 3 aromatic rings. The van der Waals surface area contributed by atoms with E-state index >= 15 is 0 Å². The highest BCUT2D eigenvalue weighted by Crippen LogP contribution is 2.27. The third kappa shape index (κ3) is 5.76. The lowest BCUT2D eigenvalue weighted by atomic mass is 9.94. The highest BCUT2D eigenvalue weighted by Gasteiger charge is 2.31. The molecule has 0 aliphatic carbocycles. The number of rotatable bonds is 7. The molecule has 1 aromatic heterocycles. The predicted molar refractivity (Wildman–Crippen MR) is 138 cm³/mol. The van der Waals surface area contributed by atoms with Gasteiger partial charge in [0.2, 0.25) is 15.9 Å². The number of amides is 1. The first kappa shape index (κ1) is 27.0. The van der Waals surface area contributed by atoms with E-state index < -0.39 is 31.0 Å². The monoisotopic (exact) mass is 546 g/mol. The third-order valence-electron chi connectivity index (χ3n) is 6.29. The van der Waals surface area contributed by atoms with Crippen LogP contribution in [0.25, 0.3) is 11.5 Å². The van der Waals surface area contributed by atoms with Crippen molar-refractivity contribution in [3.05, 3.63) is 54.1 Å². The maximum atomic E-state index is 13.1. The standard InChI is InChI=1S/C25H30N4O6S2/c1-16(2)36(31,32)21-9-7-20(8-10-21)24-27-28-25(35-24)26-23(30)19-5-11-22(12-6-19)37(33,34)29-14-17(3)13-18(4)15-29/h5-12,16-18H,13-15H2,1-4H3,(H,26,28,30). The number of hydrogen-bond acceptors (Lipinski definition) is 8. The van der Waals surface area contributed by atoms with E-state index in [-0.39, 0.29) is 39.1 Å². The summed E-state index contributed by atoms with van der Waals surface area (Å²) in [4.78, 5) is 13.0. The average Bonchev–Trinajstić information content (AvgIpc) is 3.32. The maximum Gasteiger partial charge on any atom is 0.322 e. The van der Waals surface area contributed by atoms with Gasteiger partial charge in [-0.25, -0.2) is 16.8 Å². The van der Waals surface area contributed by atoms with Gasteiger partial charge in [0.25, 0.3) is 5.91 Å². The molecule has 2 unspecified atom stereocenters. The van der Waals surface area contributed by atoms with Gasteiger partial charge in [-0.1, -0.05) is 18.9 Å². The first-order chi connectivity index (χ1) is 17.4. The van der Waals surface area contributed by atoms with Crippen LogP contribution in [0.5, 0.6) is 0 Å². The summed E-state index contributed by atoms with van der Waals surface area (Å²) in [6, 6.07) is 11.6. The largest absolute Gasteiger partial charge is 0.403 e. The Morgan fingerprint density at radius 3 is 2.05 bits per heavy atom. The Balaban J connectivity index is 1.44. The average molecular weight is 547 g/mol. The Bertz CT molecular complexity index is 1470. The van der Waals surface area contributed by atoms with E-state index in [1.165, 1.54) is 40.7 Å². The number of benzene rings is 2. The molecule has 0 bridgehead atoms. The minimum atomic E-state index is -3.65. The number of sulfonamides is 1. The second-order valence-electron chi connectivity index (χ2n) is 9.78. The van der Waals surface area contributed by atoms with Crippen molar-refractivity contribution in [2.75, 3.05) is 18.4 Å². The van der Waals surface area contributed by atoms with E-state index in [0.717, 1.165) is 6.42 Å². The second-order valence-corrected chi connectivity index (χ2v) is 14.2. The molecule has 198 valence electrons. The zero-order valence-corrected chi connectivity index (χ0v) is 22.7. The van der Waals surface area contributed by atoms with Gasteiger partial charge in [-0.2, -0.15) is 4.31 Å². The quantitative estimate of drug-likeness (QED) is 0.471. The summed E-state index contributed by atoms with van der Waals surface area (Å²) in [5.74, 6) is 0.135. The Morgan fingerprint density at radius 1 is 0.919 bits per heavy atom. The number of nitrogens with zero attached hydrogens (tertiary/aromatic N) is 3. The van der Waals surface area contributed by atoms with Crippen LogP contribution in [0, 0.1) is 11.8 Å². The van der Waals surface area contributed by atoms with Gasteiger partial charge in [0.1, 0.15) is 0 Å². The van der Waals surface area contributed by atoms with E-state index in [9.17, 15) is 21.6 Å². The fourth-order valence-electron chi connectivity index (χ4n) is 4.35. The summed E-state index contributed by atoms with van der Waals surface area (Å²) in [5, 5.41) is 9.68. The van der Waals surface area contributed by atoms with Gasteiger partial charge in [-0.05, 0) is 80.6 Å². The van der Waals surface area contributed by atoms with E-state index in [0.29, 0.717) is 18.7 Å². The highest BCUT2D eigenvalue weighted by molar-refractivity contribution is 7.92. The SMILES string of the molecule is CC1CC(C)CN(S(=O)(=O)c2ccc(C(=O)Nc3nnc(-c4ccc(S(=O)(=O)C(C)C)cc4)o3)cc2)C1. The first-order valence-electron chi connectivity index (χ1n) is 12.0. The molecular formula is C25H30N4O6S2. The van der Waals surface area contributed by atoms with Gasteiger partial charge in [0.15, 0.2) is 9.84 Å². The number of carbonyl (C=O) groups excluding carboxylic acids is 1. The summed E-state index contributed by atoms with van der Waals surface area (Å²) in [6.45, 7) is 8.26. The van der Waals surface area contributed by atoms with Gasteiger partial charge < -0.3 is 4.42 Å². The Kier molecular flexibility index (Phi) is 7.54. The van der Waals surface area contributed by atoms with Crippen molar-refractivity contribution < 1.29 is 26.0 Å². The molecule has 1 fully saturated rings. The molecule has 10 nitrogen and oxygen atoms in total. The number of aromatic nitrogens is 2. The normalized spacial score (nSPS) is 19.2. The van der Waals surface area contributed by atoms with Crippen LogP contribution in [0.1, 0.15) is 44.5 Å². The van der Waals surface area contributed by atoms with Crippen molar-refractivity contribution in [2.24, 2.45) is 11.8 Å². The molecular weight excluding hydrogens is 516 g/mol. The number of anilines is 1. The van der Waals surface area contributed by atoms with Crippen molar-refractivity contribution >= 4 is 31.8 Å². The van der Waals surface area contributed by atoms with Crippen LogP contribution in [0.3, 0.4) is 0 Å². The minimum absolute atomic E-state index is 0.107. The molecule has 1 aliphatic heterocycles. The van der Waals surface area contributed by atoms with Gasteiger partial charge in [0.05, 0.1) is 15.0 Å². The number of piperidine rings is 1. The summed E-state index contributed by atoms with van der Waals surface area (Å²) >= 11 is 0. The molecule has 0 radical (unpaired) electrons. The van der Waals surface area contributed by atoms with Crippen molar-refractivity contribution in [1.82, 2.24) is 14.5 Å². The summed E-state index contributed by atoms with van der Waals surface area (Å²) in [5.41, 5.74) is 0.717. The first-order valence-corrected chi connectivity index (χ1v) is 15.0. The van der Waals surface area contributed by atoms with Crippen LogP contribution < -0.4 is 5.32 Å². The van der Waals surface area contributed by atoms with Crippen molar-refractivity contribution in [3.8, 4) is 11.5 Å². The Morgan fingerprint density at radius 2 is 1.49 bits per heavy atom. The van der Waals surface area contributed by atoms with Crippen LogP contribution in [0.2, 0.25) is 0 Å². The van der Waals surface area contributed by atoms with Crippen molar-refractivity contribution in [3.63, 3.8) is 0 Å². The topological polar surface area (TPSA) is 140 Å².